The van der Waals surface area contributed by atoms with Crippen molar-refractivity contribution in [2.45, 2.75) is 13.2 Å². The summed E-state index contributed by atoms with van der Waals surface area (Å²) in [6, 6.07) is 10.1. The van der Waals surface area contributed by atoms with E-state index in [1.807, 2.05) is 19.0 Å². The number of ether oxygens (including phenoxy) is 2. The average Bonchev–Trinajstić information content (AvgIpc) is 2.60. The van der Waals surface area contributed by atoms with Crippen molar-refractivity contribution < 1.29 is 31.8 Å². The minimum absolute atomic E-state index is 0.121. The molecule has 0 spiro atoms. The molecule has 0 N–H and O–H groups in total. The Labute approximate surface area is 153 Å². The second-order valence-electron chi connectivity index (χ2n) is 5.60. The fourth-order valence-electron chi connectivity index (χ4n) is 2.21. The summed E-state index contributed by atoms with van der Waals surface area (Å²) in [6.07, 6.45) is 2.46. The fraction of sp³-hybridized carbons (Fsp3) is 0.211. The Morgan fingerprint density at radius 1 is 0.963 bits per heavy atom. The maximum atomic E-state index is 12.6. The van der Waals surface area contributed by atoms with Crippen molar-refractivity contribution in [2.75, 3.05) is 19.0 Å². The molecule has 0 aliphatic rings. The Morgan fingerprint density at radius 3 is 2.15 bits per heavy atom. The first-order valence-corrected chi connectivity index (χ1v) is 7.79. The minimum atomic E-state index is -3.16. The van der Waals surface area contributed by atoms with Crippen molar-refractivity contribution in [3.05, 3.63) is 59.7 Å². The number of carbonyl (C=O) groups is 1. The van der Waals surface area contributed by atoms with Crippen LogP contribution in [-0.4, -0.2) is 33.1 Å². The lowest BCUT2D eigenvalue weighted by molar-refractivity contribution is -0.0543. The molecule has 2 aromatic rings. The lowest BCUT2D eigenvalue weighted by Crippen LogP contribution is -2.08. The van der Waals surface area contributed by atoms with Gasteiger partial charge < -0.3 is 14.4 Å². The Bertz CT molecular complexity index is 805. The topological polar surface area (TPSA) is 38.8 Å². The van der Waals surface area contributed by atoms with Crippen molar-refractivity contribution in [3.8, 4) is 11.5 Å². The number of carbonyl (C=O) groups excluding carboxylic acids is 1. The van der Waals surface area contributed by atoms with Crippen LogP contribution < -0.4 is 14.4 Å². The summed E-state index contributed by atoms with van der Waals surface area (Å²) in [6.45, 7) is -6.26. The van der Waals surface area contributed by atoms with Gasteiger partial charge in [0.25, 0.3) is 0 Å². The van der Waals surface area contributed by atoms with Crippen LogP contribution >= 0.6 is 0 Å². The zero-order chi connectivity index (χ0) is 20.0. The SMILES string of the molecule is CN(C)c1ccc(C(=O)/C=C/c2ccc(OC(F)F)cc2OC(F)F)cc1. The molecule has 0 aromatic heterocycles. The fourth-order valence-corrected chi connectivity index (χ4v) is 2.21. The van der Waals surface area contributed by atoms with Gasteiger partial charge in [0.15, 0.2) is 5.78 Å². The summed E-state index contributed by atoms with van der Waals surface area (Å²) in [4.78, 5) is 14.1. The van der Waals surface area contributed by atoms with Crippen LogP contribution in [0, 0.1) is 0 Å². The number of hydrogen-bond acceptors (Lipinski definition) is 4. The lowest BCUT2D eigenvalue weighted by Gasteiger charge is -2.12. The molecule has 4 nitrogen and oxygen atoms in total. The van der Waals surface area contributed by atoms with Crippen LogP contribution in [0.1, 0.15) is 15.9 Å². The summed E-state index contributed by atoms with van der Waals surface area (Å²) in [5.74, 6) is -1.06. The predicted molar refractivity (Wildman–Crippen MR) is 93.8 cm³/mol. The number of rotatable bonds is 8. The highest BCUT2D eigenvalue weighted by Gasteiger charge is 2.12. The Hall–Kier alpha value is -3.03. The van der Waals surface area contributed by atoms with E-state index in [4.69, 9.17) is 0 Å². The van der Waals surface area contributed by atoms with E-state index in [9.17, 15) is 22.4 Å². The first-order valence-electron chi connectivity index (χ1n) is 7.79. The standard InChI is InChI=1S/C19H17F4NO3/c1-24(2)14-7-3-12(4-8-14)16(25)10-6-13-5-9-15(26-18(20)21)11-17(13)27-19(22)23/h3-11,18-19H,1-2H3/b10-6+. The third-order valence-electron chi connectivity index (χ3n) is 3.51. The molecule has 0 saturated carbocycles. The molecule has 0 radical (unpaired) electrons. The van der Waals surface area contributed by atoms with Crippen LogP contribution in [0.4, 0.5) is 23.2 Å². The second kappa shape index (κ2) is 9.07. The van der Waals surface area contributed by atoms with E-state index in [1.54, 1.807) is 24.3 Å². The van der Waals surface area contributed by atoms with Crippen LogP contribution in [0.2, 0.25) is 0 Å². The second-order valence-corrected chi connectivity index (χ2v) is 5.60. The van der Waals surface area contributed by atoms with Gasteiger partial charge in [0.2, 0.25) is 0 Å². The molecule has 0 heterocycles. The van der Waals surface area contributed by atoms with Gasteiger partial charge >= 0.3 is 13.2 Å². The normalized spacial score (nSPS) is 11.3. The number of alkyl halides is 4. The number of anilines is 1. The molecule has 2 aromatic carbocycles. The van der Waals surface area contributed by atoms with Crippen LogP contribution in [0.25, 0.3) is 6.08 Å². The van der Waals surface area contributed by atoms with Gasteiger partial charge in [0.05, 0.1) is 0 Å². The molecule has 27 heavy (non-hydrogen) atoms. The minimum Gasteiger partial charge on any atom is -0.435 e. The molecule has 0 aliphatic heterocycles. The molecule has 0 atom stereocenters. The zero-order valence-electron chi connectivity index (χ0n) is 14.5. The number of nitrogens with zero attached hydrogens (tertiary/aromatic N) is 1. The molecular weight excluding hydrogens is 366 g/mol. The van der Waals surface area contributed by atoms with Gasteiger partial charge in [0.1, 0.15) is 11.5 Å². The Kier molecular flexibility index (Phi) is 6.81. The molecule has 0 unspecified atom stereocenters. The van der Waals surface area contributed by atoms with Crippen molar-refractivity contribution in [2.24, 2.45) is 0 Å². The van der Waals surface area contributed by atoms with Gasteiger partial charge in [-0.05, 0) is 48.6 Å². The monoisotopic (exact) mass is 383 g/mol. The molecule has 8 heteroatoms. The number of benzene rings is 2. The molecule has 2 rings (SSSR count). The maximum absolute atomic E-state index is 12.6. The Balaban J connectivity index is 2.22. The average molecular weight is 383 g/mol. The van der Waals surface area contributed by atoms with E-state index in [0.717, 1.165) is 11.8 Å². The quantitative estimate of drug-likeness (QED) is 0.371. The van der Waals surface area contributed by atoms with Crippen LogP contribution in [0.5, 0.6) is 11.5 Å². The third-order valence-corrected chi connectivity index (χ3v) is 3.51. The summed E-state index contributed by atoms with van der Waals surface area (Å²) in [5.41, 5.74) is 1.44. The van der Waals surface area contributed by atoms with E-state index in [0.29, 0.717) is 5.56 Å². The van der Waals surface area contributed by atoms with Crippen LogP contribution in [0.15, 0.2) is 48.5 Å². The van der Waals surface area contributed by atoms with Gasteiger partial charge in [-0.2, -0.15) is 17.6 Å². The molecule has 144 valence electrons. The number of hydrogen-bond donors (Lipinski definition) is 0. The van der Waals surface area contributed by atoms with Crippen molar-refractivity contribution in [3.63, 3.8) is 0 Å². The van der Waals surface area contributed by atoms with E-state index in [2.05, 4.69) is 9.47 Å². The van der Waals surface area contributed by atoms with Crippen LogP contribution in [-0.2, 0) is 0 Å². The highest BCUT2D eigenvalue weighted by molar-refractivity contribution is 6.07. The molecule has 0 amide bonds. The zero-order valence-corrected chi connectivity index (χ0v) is 14.5. The summed E-state index contributed by atoms with van der Waals surface area (Å²) < 4.78 is 58.1. The van der Waals surface area contributed by atoms with Gasteiger partial charge in [-0.25, -0.2) is 0 Å². The lowest BCUT2D eigenvalue weighted by atomic mass is 10.1. The van der Waals surface area contributed by atoms with Gasteiger partial charge in [-0.3, -0.25) is 4.79 Å². The van der Waals surface area contributed by atoms with Gasteiger partial charge in [0, 0.05) is 37.0 Å². The van der Waals surface area contributed by atoms with Crippen LogP contribution in [0.3, 0.4) is 0 Å². The highest BCUT2D eigenvalue weighted by Crippen LogP contribution is 2.28. The smallest absolute Gasteiger partial charge is 0.387 e. The first-order chi connectivity index (χ1) is 12.8. The summed E-state index contributed by atoms with van der Waals surface area (Å²) >= 11 is 0. The van der Waals surface area contributed by atoms with E-state index < -0.39 is 13.2 Å². The number of ketones is 1. The Morgan fingerprint density at radius 2 is 1.59 bits per heavy atom. The van der Waals surface area contributed by atoms with E-state index in [-0.39, 0.29) is 22.8 Å². The van der Waals surface area contributed by atoms with Gasteiger partial charge in [-0.15, -0.1) is 0 Å². The molecule has 0 saturated heterocycles. The molecule has 0 bridgehead atoms. The summed E-state index contributed by atoms with van der Waals surface area (Å²) in [7, 11) is 3.73. The predicted octanol–water partition coefficient (Wildman–Crippen LogP) is 4.85. The number of halogens is 4. The maximum Gasteiger partial charge on any atom is 0.387 e. The van der Waals surface area contributed by atoms with Crippen molar-refractivity contribution >= 4 is 17.5 Å². The van der Waals surface area contributed by atoms with E-state index in [1.165, 1.54) is 24.3 Å². The highest BCUT2D eigenvalue weighted by atomic mass is 19.3. The molecular formula is C19H17F4NO3. The summed E-state index contributed by atoms with van der Waals surface area (Å²) in [5, 5.41) is 0. The molecule has 0 fully saturated rings. The van der Waals surface area contributed by atoms with Crippen molar-refractivity contribution in [1.29, 1.82) is 0 Å². The number of allylic oxidation sites excluding steroid dienone is 1. The van der Waals surface area contributed by atoms with Gasteiger partial charge in [-0.1, -0.05) is 0 Å². The molecule has 0 aliphatic carbocycles. The third kappa shape index (κ3) is 6.02. The van der Waals surface area contributed by atoms with E-state index >= 15 is 0 Å². The van der Waals surface area contributed by atoms with Crippen molar-refractivity contribution in [1.82, 2.24) is 0 Å². The largest absolute Gasteiger partial charge is 0.435 e. The first kappa shape index (κ1) is 20.3.